The van der Waals surface area contributed by atoms with Gasteiger partial charge in [-0.2, -0.15) is 13.9 Å². The quantitative estimate of drug-likeness (QED) is 0.918. The van der Waals surface area contributed by atoms with Gasteiger partial charge in [-0.05, 0) is 25.1 Å². The van der Waals surface area contributed by atoms with Crippen LogP contribution < -0.4 is 15.6 Å². The lowest BCUT2D eigenvalue weighted by molar-refractivity contribution is -0.0497. The van der Waals surface area contributed by atoms with Gasteiger partial charge < -0.3 is 10.1 Å². The number of benzene rings is 1. The molecule has 0 radical (unpaired) electrons. The number of amides is 1. The van der Waals surface area contributed by atoms with Crippen molar-refractivity contribution in [3.63, 3.8) is 0 Å². The topological polar surface area (TPSA) is 73.2 Å². The highest BCUT2D eigenvalue weighted by molar-refractivity contribution is 6.02. The summed E-state index contributed by atoms with van der Waals surface area (Å²) in [4.78, 5) is 23.5. The third-order valence-corrected chi connectivity index (χ3v) is 2.72. The molecule has 0 saturated heterocycles. The maximum absolute atomic E-state index is 12.1. The van der Waals surface area contributed by atoms with Crippen molar-refractivity contribution in [2.75, 3.05) is 5.32 Å². The van der Waals surface area contributed by atoms with Crippen molar-refractivity contribution >= 4 is 11.6 Å². The Morgan fingerprint density at radius 3 is 2.82 bits per heavy atom. The zero-order valence-electron chi connectivity index (χ0n) is 11.6. The second-order valence-corrected chi connectivity index (χ2v) is 4.23. The molecule has 1 aromatic heterocycles. The average molecular weight is 309 g/mol. The number of alkyl halides is 2. The first-order valence-electron chi connectivity index (χ1n) is 6.44. The number of aromatic nitrogens is 2. The van der Waals surface area contributed by atoms with Gasteiger partial charge in [-0.1, -0.05) is 6.07 Å². The summed E-state index contributed by atoms with van der Waals surface area (Å²) in [6.07, 6.45) is 0. The molecule has 0 bridgehead atoms. The lowest BCUT2D eigenvalue weighted by atomic mass is 10.3. The Labute approximate surface area is 124 Å². The molecule has 0 spiro atoms. The summed E-state index contributed by atoms with van der Waals surface area (Å²) in [6, 6.07) is 8.13. The van der Waals surface area contributed by atoms with E-state index in [1.165, 1.54) is 36.4 Å². The van der Waals surface area contributed by atoms with Gasteiger partial charge in [0.2, 0.25) is 0 Å². The number of ether oxygens (including phenoxy) is 1. The summed E-state index contributed by atoms with van der Waals surface area (Å²) >= 11 is 0. The molecular weight excluding hydrogens is 296 g/mol. The van der Waals surface area contributed by atoms with E-state index < -0.39 is 12.5 Å². The molecule has 1 aromatic carbocycles. The minimum absolute atomic E-state index is 0.0432. The highest BCUT2D eigenvalue weighted by Crippen LogP contribution is 2.19. The third-order valence-electron chi connectivity index (χ3n) is 2.72. The Morgan fingerprint density at radius 1 is 1.36 bits per heavy atom. The summed E-state index contributed by atoms with van der Waals surface area (Å²) in [5, 5.41) is 6.40. The number of anilines is 1. The molecule has 2 aromatic rings. The molecule has 1 amide bonds. The van der Waals surface area contributed by atoms with Crippen LogP contribution in [-0.4, -0.2) is 22.3 Å². The largest absolute Gasteiger partial charge is 0.435 e. The molecule has 116 valence electrons. The zero-order valence-corrected chi connectivity index (χ0v) is 11.6. The molecule has 6 nitrogen and oxygen atoms in total. The van der Waals surface area contributed by atoms with Crippen LogP contribution in [0.1, 0.15) is 17.4 Å². The lowest BCUT2D eigenvalue weighted by Gasteiger charge is -2.08. The van der Waals surface area contributed by atoms with Gasteiger partial charge in [-0.15, -0.1) is 0 Å². The summed E-state index contributed by atoms with van der Waals surface area (Å²) in [7, 11) is 0. The van der Waals surface area contributed by atoms with Crippen molar-refractivity contribution < 1.29 is 18.3 Å². The van der Waals surface area contributed by atoms with Gasteiger partial charge in [0.25, 0.3) is 11.5 Å². The molecule has 0 aliphatic heterocycles. The minimum Gasteiger partial charge on any atom is -0.435 e. The van der Waals surface area contributed by atoms with Gasteiger partial charge in [0, 0.05) is 24.4 Å². The van der Waals surface area contributed by atoms with E-state index in [1.54, 1.807) is 6.92 Å². The Kier molecular flexibility index (Phi) is 4.82. The van der Waals surface area contributed by atoms with Crippen molar-refractivity contribution in [2.24, 2.45) is 0 Å². The summed E-state index contributed by atoms with van der Waals surface area (Å²) in [6.45, 7) is -0.889. The molecule has 0 saturated carbocycles. The first kappa shape index (κ1) is 15.6. The van der Waals surface area contributed by atoms with Gasteiger partial charge in [0.1, 0.15) is 11.4 Å². The van der Waals surface area contributed by atoms with E-state index in [4.69, 9.17) is 0 Å². The van der Waals surface area contributed by atoms with E-state index in [-0.39, 0.29) is 22.7 Å². The fourth-order valence-electron chi connectivity index (χ4n) is 1.74. The number of halogens is 2. The van der Waals surface area contributed by atoms with Crippen LogP contribution >= 0.6 is 0 Å². The number of nitrogens with one attached hydrogen (secondary N) is 1. The van der Waals surface area contributed by atoms with Crippen LogP contribution in [-0.2, 0) is 6.54 Å². The van der Waals surface area contributed by atoms with E-state index >= 15 is 0 Å². The van der Waals surface area contributed by atoms with E-state index in [0.29, 0.717) is 6.54 Å². The van der Waals surface area contributed by atoms with Crippen LogP contribution in [0, 0.1) is 0 Å². The monoisotopic (exact) mass is 309 g/mol. The fourth-order valence-corrected chi connectivity index (χ4v) is 1.74. The Morgan fingerprint density at radius 2 is 2.14 bits per heavy atom. The van der Waals surface area contributed by atoms with Crippen molar-refractivity contribution in [3.05, 3.63) is 52.4 Å². The van der Waals surface area contributed by atoms with Gasteiger partial charge in [-0.25, -0.2) is 4.68 Å². The molecular formula is C14H13F2N3O3. The molecule has 0 aliphatic carbocycles. The predicted octanol–water partition coefficient (Wildman–Crippen LogP) is 2.12. The SMILES string of the molecule is CCn1nc(C(=O)Nc2cccc(OC(F)F)c2)ccc1=O. The highest BCUT2D eigenvalue weighted by atomic mass is 19.3. The minimum atomic E-state index is -2.94. The van der Waals surface area contributed by atoms with E-state index in [2.05, 4.69) is 15.2 Å². The molecule has 0 aliphatic rings. The van der Waals surface area contributed by atoms with Gasteiger partial charge in [0.15, 0.2) is 0 Å². The zero-order chi connectivity index (χ0) is 16.1. The predicted molar refractivity (Wildman–Crippen MR) is 75.2 cm³/mol. The van der Waals surface area contributed by atoms with Crippen molar-refractivity contribution in [2.45, 2.75) is 20.1 Å². The number of hydrogen-bond acceptors (Lipinski definition) is 4. The first-order valence-corrected chi connectivity index (χ1v) is 6.44. The number of aryl methyl sites for hydroxylation is 1. The number of rotatable bonds is 5. The highest BCUT2D eigenvalue weighted by Gasteiger charge is 2.11. The van der Waals surface area contributed by atoms with Crippen LogP contribution in [0.3, 0.4) is 0 Å². The normalized spacial score (nSPS) is 10.5. The number of carbonyl (C=O) groups is 1. The molecule has 2 rings (SSSR count). The van der Waals surface area contributed by atoms with Gasteiger partial charge >= 0.3 is 6.61 Å². The molecule has 0 unspecified atom stereocenters. The molecule has 22 heavy (non-hydrogen) atoms. The van der Waals surface area contributed by atoms with Crippen LogP contribution in [0.25, 0.3) is 0 Å². The van der Waals surface area contributed by atoms with E-state index in [9.17, 15) is 18.4 Å². The van der Waals surface area contributed by atoms with Crippen LogP contribution in [0.4, 0.5) is 14.5 Å². The van der Waals surface area contributed by atoms with Gasteiger partial charge in [0.05, 0.1) is 0 Å². The average Bonchev–Trinajstić information content (AvgIpc) is 2.47. The Bertz CT molecular complexity index is 731. The second-order valence-electron chi connectivity index (χ2n) is 4.23. The van der Waals surface area contributed by atoms with Crippen molar-refractivity contribution in [1.29, 1.82) is 0 Å². The van der Waals surface area contributed by atoms with Crippen molar-refractivity contribution in [1.82, 2.24) is 9.78 Å². The standard InChI is InChI=1S/C14H13F2N3O3/c1-2-19-12(20)7-6-11(18-19)13(21)17-9-4-3-5-10(8-9)22-14(15)16/h3-8,14H,2H2,1H3,(H,17,21). The fraction of sp³-hybridized carbons (Fsp3) is 0.214. The first-order chi connectivity index (χ1) is 10.5. The maximum Gasteiger partial charge on any atom is 0.387 e. The second kappa shape index (κ2) is 6.79. The van der Waals surface area contributed by atoms with E-state index in [1.807, 2.05) is 0 Å². The number of hydrogen-bond donors (Lipinski definition) is 1. The smallest absolute Gasteiger partial charge is 0.387 e. The third kappa shape index (κ3) is 3.87. The summed E-state index contributed by atoms with van der Waals surface area (Å²) in [5.74, 6) is -0.629. The molecule has 0 atom stereocenters. The number of carbonyl (C=O) groups excluding carboxylic acids is 1. The lowest BCUT2D eigenvalue weighted by Crippen LogP contribution is -2.25. The molecule has 0 fully saturated rings. The van der Waals surface area contributed by atoms with Crippen LogP contribution in [0.15, 0.2) is 41.2 Å². The summed E-state index contributed by atoms with van der Waals surface area (Å²) in [5.41, 5.74) is 0.00668. The van der Waals surface area contributed by atoms with Crippen molar-refractivity contribution in [3.8, 4) is 5.75 Å². The molecule has 1 N–H and O–H groups in total. The van der Waals surface area contributed by atoms with Crippen LogP contribution in [0.2, 0.25) is 0 Å². The van der Waals surface area contributed by atoms with E-state index in [0.717, 1.165) is 4.68 Å². The maximum atomic E-state index is 12.1. The van der Waals surface area contributed by atoms with Gasteiger partial charge in [-0.3, -0.25) is 9.59 Å². The molecule has 8 heteroatoms. The van der Waals surface area contributed by atoms with Crippen LogP contribution in [0.5, 0.6) is 5.75 Å². The Hall–Kier alpha value is -2.77. The Balaban J connectivity index is 2.16. The summed E-state index contributed by atoms with van der Waals surface area (Å²) < 4.78 is 29.7. The molecule has 1 heterocycles. The number of nitrogens with zero attached hydrogens (tertiary/aromatic N) is 2.